The number of para-hydroxylation sites is 1. The van der Waals surface area contributed by atoms with Crippen LogP contribution in [0.3, 0.4) is 0 Å². The van der Waals surface area contributed by atoms with Crippen LogP contribution < -0.4 is 5.69 Å². The Labute approximate surface area is 151 Å². The standard InChI is InChI=1S/C18H25N3O3S/c1-18(2,3)24-17(23)20-10-8-12(9-11-20)21-13-6-5-7-14(25-4)15(13)19-16(21)22/h5-7,12H,8-11H2,1-4H3,(H,19,22). The van der Waals surface area contributed by atoms with Gasteiger partial charge in [0.05, 0.1) is 11.0 Å². The fraction of sp³-hybridized carbons (Fsp3) is 0.556. The summed E-state index contributed by atoms with van der Waals surface area (Å²) in [7, 11) is 0. The first kappa shape index (κ1) is 17.9. The number of hydrogen-bond donors (Lipinski definition) is 1. The number of nitrogens with one attached hydrogen (secondary N) is 1. The molecule has 2 aromatic rings. The van der Waals surface area contributed by atoms with Gasteiger partial charge in [-0.05, 0) is 52.0 Å². The van der Waals surface area contributed by atoms with Crippen LogP contribution in [0.25, 0.3) is 11.0 Å². The van der Waals surface area contributed by atoms with Gasteiger partial charge in [0.15, 0.2) is 0 Å². The highest BCUT2D eigenvalue weighted by atomic mass is 32.2. The second-order valence-electron chi connectivity index (χ2n) is 7.35. The van der Waals surface area contributed by atoms with Crippen molar-refractivity contribution in [3.05, 3.63) is 28.7 Å². The van der Waals surface area contributed by atoms with Gasteiger partial charge in [0.25, 0.3) is 0 Å². The number of imidazole rings is 1. The first-order chi connectivity index (χ1) is 11.8. The van der Waals surface area contributed by atoms with Crippen LogP contribution in [0.4, 0.5) is 4.79 Å². The number of aromatic amines is 1. The normalized spacial score (nSPS) is 16.4. The van der Waals surface area contributed by atoms with Crippen molar-refractivity contribution in [2.75, 3.05) is 19.3 Å². The van der Waals surface area contributed by atoms with Gasteiger partial charge in [0, 0.05) is 24.0 Å². The molecule has 1 saturated heterocycles. The average Bonchev–Trinajstić information content (AvgIpc) is 2.89. The fourth-order valence-corrected chi connectivity index (χ4v) is 3.86. The third kappa shape index (κ3) is 3.71. The highest BCUT2D eigenvalue weighted by Gasteiger charge is 2.29. The molecule has 0 aliphatic carbocycles. The van der Waals surface area contributed by atoms with Crippen LogP contribution in [0.5, 0.6) is 0 Å². The van der Waals surface area contributed by atoms with Crippen LogP contribution >= 0.6 is 11.8 Å². The van der Waals surface area contributed by atoms with Gasteiger partial charge in [-0.15, -0.1) is 11.8 Å². The monoisotopic (exact) mass is 363 g/mol. The molecule has 0 atom stereocenters. The molecule has 1 N–H and O–H groups in total. The first-order valence-electron chi connectivity index (χ1n) is 8.55. The molecule has 1 aliphatic rings. The predicted octanol–water partition coefficient (Wildman–Crippen LogP) is 3.62. The van der Waals surface area contributed by atoms with E-state index in [1.54, 1.807) is 16.7 Å². The van der Waals surface area contributed by atoms with Crippen molar-refractivity contribution in [1.29, 1.82) is 0 Å². The molecule has 1 aromatic carbocycles. The Hall–Kier alpha value is -1.89. The third-order valence-electron chi connectivity index (χ3n) is 4.42. The Morgan fingerprint density at radius 1 is 1.28 bits per heavy atom. The molecule has 6 nitrogen and oxygen atoms in total. The predicted molar refractivity (Wildman–Crippen MR) is 100 cm³/mol. The zero-order valence-corrected chi connectivity index (χ0v) is 16.0. The lowest BCUT2D eigenvalue weighted by Crippen LogP contribution is -2.43. The molecule has 0 radical (unpaired) electrons. The van der Waals surface area contributed by atoms with E-state index in [9.17, 15) is 9.59 Å². The highest BCUT2D eigenvalue weighted by molar-refractivity contribution is 7.98. The van der Waals surface area contributed by atoms with Crippen molar-refractivity contribution in [2.45, 2.75) is 50.2 Å². The van der Waals surface area contributed by atoms with E-state index in [1.807, 2.05) is 49.8 Å². The molecule has 3 rings (SSSR count). The Morgan fingerprint density at radius 2 is 1.96 bits per heavy atom. The molecule has 0 unspecified atom stereocenters. The maximum atomic E-state index is 12.5. The zero-order chi connectivity index (χ0) is 18.2. The van der Waals surface area contributed by atoms with Gasteiger partial charge in [0.1, 0.15) is 5.60 Å². The number of benzene rings is 1. The number of amides is 1. The number of aromatic nitrogens is 2. The lowest BCUT2D eigenvalue weighted by Gasteiger charge is -2.33. The number of likely N-dealkylation sites (tertiary alicyclic amines) is 1. The van der Waals surface area contributed by atoms with Crippen LogP contribution in [-0.4, -0.2) is 45.5 Å². The first-order valence-corrected chi connectivity index (χ1v) is 9.78. The van der Waals surface area contributed by atoms with Crippen LogP contribution in [0, 0.1) is 0 Å². The molecule has 0 spiro atoms. The maximum Gasteiger partial charge on any atom is 0.410 e. The molecule has 0 bridgehead atoms. The van der Waals surface area contributed by atoms with Crippen LogP contribution in [-0.2, 0) is 4.74 Å². The summed E-state index contributed by atoms with van der Waals surface area (Å²) in [6.45, 7) is 6.80. The topological polar surface area (TPSA) is 67.3 Å². The fourth-order valence-electron chi connectivity index (χ4n) is 3.29. The van der Waals surface area contributed by atoms with Crippen molar-refractivity contribution in [1.82, 2.24) is 14.5 Å². The number of carbonyl (C=O) groups is 1. The third-order valence-corrected chi connectivity index (χ3v) is 5.20. The van der Waals surface area contributed by atoms with Crippen molar-refractivity contribution in [3.8, 4) is 0 Å². The molecular weight excluding hydrogens is 338 g/mol. The molecule has 1 amide bonds. The minimum Gasteiger partial charge on any atom is -0.444 e. The van der Waals surface area contributed by atoms with Crippen molar-refractivity contribution in [2.24, 2.45) is 0 Å². The summed E-state index contributed by atoms with van der Waals surface area (Å²) in [6, 6.07) is 6.07. The summed E-state index contributed by atoms with van der Waals surface area (Å²) in [4.78, 5) is 30.5. The quantitative estimate of drug-likeness (QED) is 0.828. The van der Waals surface area contributed by atoms with Gasteiger partial charge < -0.3 is 14.6 Å². The Morgan fingerprint density at radius 3 is 2.56 bits per heavy atom. The van der Waals surface area contributed by atoms with Crippen molar-refractivity contribution >= 4 is 28.9 Å². The van der Waals surface area contributed by atoms with Gasteiger partial charge in [-0.1, -0.05) is 6.07 Å². The second kappa shape index (κ2) is 6.78. The Bertz CT molecular complexity index is 826. The molecule has 7 heteroatoms. The minimum atomic E-state index is -0.490. The smallest absolute Gasteiger partial charge is 0.410 e. The minimum absolute atomic E-state index is 0.0766. The highest BCUT2D eigenvalue weighted by Crippen LogP contribution is 2.29. The number of ether oxygens (including phenoxy) is 1. The van der Waals surface area contributed by atoms with E-state index in [2.05, 4.69) is 4.98 Å². The maximum absolute atomic E-state index is 12.5. The summed E-state index contributed by atoms with van der Waals surface area (Å²) >= 11 is 1.62. The summed E-state index contributed by atoms with van der Waals surface area (Å²) in [5, 5.41) is 0. The number of thioether (sulfide) groups is 1. The van der Waals surface area contributed by atoms with Crippen LogP contribution in [0.2, 0.25) is 0 Å². The van der Waals surface area contributed by atoms with Gasteiger partial charge >= 0.3 is 11.8 Å². The van der Waals surface area contributed by atoms with Crippen molar-refractivity contribution < 1.29 is 9.53 Å². The largest absolute Gasteiger partial charge is 0.444 e. The SMILES string of the molecule is CSc1cccc2c1[nH]c(=O)n2C1CCN(C(=O)OC(C)(C)C)CC1. The molecule has 136 valence electrons. The van der Waals surface area contributed by atoms with Gasteiger partial charge in [-0.25, -0.2) is 9.59 Å². The summed E-state index contributed by atoms with van der Waals surface area (Å²) in [6.07, 6.45) is 3.22. The van der Waals surface area contributed by atoms with Crippen molar-refractivity contribution in [3.63, 3.8) is 0 Å². The van der Waals surface area contributed by atoms with E-state index in [-0.39, 0.29) is 17.8 Å². The lowest BCUT2D eigenvalue weighted by atomic mass is 10.0. The number of piperidine rings is 1. The van der Waals surface area contributed by atoms with E-state index < -0.39 is 5.60 Å². The number of fused-ring (bicyclic) bond motifs is 1. The lowest BCUT2D eigenvalue weighted by molar-refractivity contribution is 0.0189. The van der Waals surface area contributed by atoms with Gasteiger partial charge in [-0.2, -0.15) is 0 Å². The number of nitrogens with zero attached hydrogens (tertiary/aromatic N) is 2. The van der Waals surface area contributed by atoms with E-state index in [1.165, 1.54) is 0 Å². The Balaban J connectivity index is 1.78. The number of carbonyl (C=O) groups excluding carboxylic acids is 1. The number of rotatable bonds is 2. The number of H-pyrrole nitrogens is 1. The van der Waals surface area contributed by atoms with Gasteiger partial charge in [-0.3, -0.25) is 4.57 Å². The van der Waals surface area contributed by atoms with E-state index in [0.717, 1.165) is 28.8 Å². The number of hydrogen-bond acceptors (Lipinski definition) is 4. The molecule has 2 heterocycles. The summed E-state index contributed by atoms with van der Waals surface area (Å²) < 4.78 is 7.29. The van der Waals surface area contributed by atoms with E-state index >= 15 is 0 Å². The zero-order valence-electron chi connectivity index (χ0n) is 15.2. The molecule has 1 aromatic heterocycles. The molecule has 25 heavy (non-hydrogen) atoms. The Kier molecular flexibility index (Phi) is 4.86. The van der Waals surface area contributed by atoms with Crippen LogP contribution in [0.15, 0.2) is 27.9 Å². The van der Waals surface area contributed by atoms with Crippen LogP contribution in [0.1, 0.15) is 39.7 Å². The molecule has 1 aliphatic heterocycles. The summed E-state index contributed by atoms with van der Waals surface area (Å²) in [5.41, 5.74) is 1.27. The average molecular weight is 363 g/mol. The second-order valence-corrected chi connectivity index (χ2v) is 8.20. The molecule has 1 fully saturated rings. The van der Waals surface area contributed by atoms with E-state index in [4.69, 9.17) is 4.74 Å². The summed E-state index contributed by atoms with van der Waals surface area (Å²) in [5.74, 6) is 0. The molecular formula is C18H25N3O3S. The van der Waals surface area contributed by atoms with Gasteiger partial charge in [0.2, 0.25) is 0 Å². The van der Waals surface area contributed by atoms with E-state index in [0.29, 0.717) is 13.1 Å². The molecule has 0 saturated carbocycles.